The number of amides is 1. The van der Waals surface area contributed by atoms with E-state index in [1.807, 2.05) is 43.3 Å². The van der Waals surface area contributed by atoms with E-state index in [1.54, 1.807) is 19.1 Å². The Hall–Kier alpha value is -2.49. The van der Waals surface area contributed by atoms with E-state index in [4.69, 9.17) is 0 Å². The summed E-state index contributed by atoms with van der Waals surface area (Å²) in [4.78, 5) is 14.1. The van der Waals surface area contributed by atoms with Gasteiger partial charge in [0.15, 0.2) is 0 Å². The van der Waals surface area contributed by atoms with Gasteiger partial charge in [-0.1, -0.05) is 0 Å². The van der Waals surface area contributed by atoms with Gasteiger partial charge in [-0.2, -0.15) is 0 Å². The molecule has 0 radical (unpaired) electrons. The second-order valence-electron chi connectivity index (χ2n) is 4.90. The lowest BCUT2D eigenvalue weighted by Gasteiger charge is -2.13. The Morgan fingerprint density at radius 2 is 1.75 bits per heavy atom. The first-order valence-electron chi connectivity index (χ1n) is 6.36. The maximum atomic E-state index is 12.1. The lowest BCUT2D eigenvalue weighted by atomic mass is 10.1. The molecule has 0 saturated carbocycles. The zero-order valence-electron chi connectivity index (χ0n) is 11.8. The smallest absolute Gasteiger partial charge is 0.255 e. The number of aryl methyl sites for hydroxylation is 1. The molecule has 20 heavy (non-hydrogen) atoms. The largest absolute Gasteiger partial charge is 0.508 e. The Bertz CT molecular complexity index is 619. The molecule has 0 saturated heterocycles. The van der Waals surface area contributed by atoms with Crippen molar-refractivity contribution in [2.45, 2.75) is 6.92 Å². The second kappa shape index (κ2) is 5.65. The molecular formula is C16H18N2O2. The maximum Gasteiger partial charge on any atom is 0.255 e. The Balaban J connectivity index is 2.12. The number of carbonyl (C=O) groups excluding carboxylic acids is 1. The third-order valence-corrected chi connectivity index (χ3v) is 3.10. The highest BCUT2D eigenvalue weighted by Gasteiger charge is 2.08. The monoisotopic (exact) mass is 270 g/mol. The number of hydrogen-bond acceptors (Lipinski definition) is 3. The van der Waals surface area contributed by atoms with Crippen LogP contribution in [-0.4, -0.2) is 25.1 Å². The summed E-state index contributed by atoms with van der Waals surface area (Å²) in [5, 5.41) is 12.3. The highest BCUT2D eigenvalue weighted by Crippen LogP contribution is 2.19. The van der Waals surface area contributed by atoms with Crippen molar-refractivity contribution in [2.75, 3.05) is 24.3 Å². The van der Waals surface area contributed by atoms with Crippen molar-refractivity contribution < 1.29 is 9.90 Å². The van der Waals surface area contributed by atoms with Crippen LogP contribution >= 0.6 is 0 Å². The normalized spacial score (nSPS) is 10.2. The Morgan fingerprint density at radius 3 is 2.30 bits per heavy atom. The summed E-state index contributed by atoms with van der Waals surface area (Å²) >= 11 is 0. The van der Waals surface area contributed by atoms with Crippen molar-refractivity contribution in [1.29, 1.82) is 0 Å². The Morgan fingerprint density at radius 1 is 1.10 bits per heavy atom. The van der Waals surface area contributed by atoms with E-state index < -0.39 is 0 Å². The van der Waals surface area contributed by atoms with Crippen LogP contribution in [0.5, 0.6) is 5.75 Å². The van der Waals surface area contributed by atoms with Gasteiger partial charge in [0.1, 0.15) is 5.75 Å². The zero-order valence-corrected chi connectivity index (χ0v) is 11.8. The molecule has 0 unspecified atom stereocenters. The van der Waals surface area contributed by atoms with Crippen molar-refractivity contribution in [2.24, 2.45) is 0 Å². The van der Waals surface area contributed by atoms with Crippen LogP contribution in [0.25, 0.3) is 0 Å². The number of phenolic OH excluding ortho intramolecular Hbond substituents is 1. The van der Waals surface area contributed by atoms with Crippen molar-refractivity contribution in [3.8, 4) is 5.75 Å². The van der Waals surface area contributed by atoms with Crippen molar-refractivity contribution in [1.82, 2.24) is 0 Å². The zero-order chi connectivity index (χ0) is 14.7. The number of rotatable bonds is 3. The first-order valence-corrected chi connectivity index (χ1v) is 6.36. The first-order chi connectivity index (χ1) is 9.47. The van der Waals surface area contributed by atoms with Crippen LogP contribution in [0.4, 0.5) is 11.4 Å². The van der Waals surface area contributed by atoms with Gasteiger partial charge < -0.3 is 15.3 Å². The van der Waals surface area contributed by atoms with Gasteiger partial charge in [-0.3, -0.25) is 4.79 Å². The number of benzene rings is 2. The highest BCUT2D eigenvalue weighted by molar-refractivity contribution is 6.04. The number of nitrogens with zero attached hydrogens (tertiary/aromatic N) is 1. The van der Waals surface area contributed by atoms with E-state index in [0.717, 1.165) is 11.4 Å². The number of hydrogen-bond donors (Lipinski definition) is 2. The molecule has 0 aliphatic heterocycles. The van der Waals surface area contributed by atoms with Crippen LogP contribution in [0.1, 0.15) is 15.9 Å². The minimum atomic E-state index is -0.189. The van der Waals surface area contributed by atoms with Gasteiger partial charge in [0.25, 0.3) is 5.91 Å². The first kappa shape index (κ1) is 13.9. The maximum absolute atomic E-state index is 12.1. The molecule has 0 aromatic heterocycles. The summed E-state index contributed by atoms with van der Waals surface area (Å²) < 4.78 is 0. The SMILES string of the molecule is Cc1cc(C(=O)Nc2ccc(N(C)C)cc2)ccc1O. The molecule has 0 aliphatic rings. The van der Waals surface area contributed by atoms with E-state index >= 15 is 0 Å². The summed E-state index contributed by atoms with van der Waals surface area (Å²) in [7, 11) is 3.93. The van der Waals surface area contributed by atoms with E-state index in [-0.39, 0.29) is 11.7 Å². The van der Waals surface area contributed by atoms with E-state index in [2.05, 4.69) is 5.32 Å². The van der Waals surface area contributed by atoms with Crippen molar-refractivity contribution in [3.05, 3.63) is 53.6 Å². The number of anilines is 2. The summed E-state index contributed by atoms with van der Waals surface area (Å²) in [5.41, 5.74) is 3.02. The van der Waals surface area contributed by atoms with E-state index in [1.165, 1.54) is 6.07 Å². The lowest BCUT2D eigenvalue weighted by molar-refractivity contribution is 0.102. The minimum Gasteiger partial charge on any atom is -0.508 e. The lowest BCUT2D eigenvalue weighted by Crippen LogP contribution is -2.12. The quantitative estimate of drug-likeness (QED) is 0.901. The molecule has 1 amide bonds. The molecule has 0 fully saturated rings. The fraction of sp³-hybridized carbons (Fsp3) is 0.188. The van der Waals surface area contributed by atoms with Gasteiger partial charge in [-0.15, -0.1) is 0 Å². The molecule has 4 nitrogen and oxygen atoms in total. The van der Waals surface area contributed by atoms with Gasteiger partial charge in [0.05, 0.1) is 0 Å². The molecule has 0 spiro atoms. The summed E-state index contributed by atoms with van der Waals surface area (Å²) in [6.07, 6.45) is 0. The molecular weight excluding hydrogens is 252 g/mol. The fourth-order valence-electron chi connectivity index (χ4n) is 1.84. The Kier molecular flexibility index (Phi) is 3.94. The number of aromatic hydroxyl groups is 1. The minimum absolute atomic E-state index is 0.189. The second-order valence-corrected chi connectivity index (χ2v) is 4.90. The van der Waals surface area contributed by atoms with Crippen LogP contribution in [-0.2, 0) is 0 Å². The van der Waals surface area contributed by atoms with Crippen LogP contribution in [0.2, 0.25) is 0 Å². The molecule has 2 N–H and O–H groups in total. The predicted octanol–water partition coefficient (Wildman–Crippen LogP) is 3.02. The van der Waals surface area contributed by atoms with Crippen LogP contribution in [0.15, 0.2) is 42.5 Å². The fourth-order valence-corrected chi connectivity index (χ4v) is 1.84. The molecule has 0 atom stereocenters. The topological polar surface area (TPSA) is 52.6 Å². The van der Waals surface area contributed by atoms with Crippen molar-refractivity contribution >= 4 is 17.3 Å². The summed E-state index contributed by atoms with van der Waals surface area (Å²) in [6.45, 7) is 1.76. The van der Waals surface area contributed by atoms with Crippen molar-refractivity contribution in [3.63, 3.8) is 0 Å². The third-order valence-electron chi connectivity index (χ3n) is 3.10. The number of carbonyl (C=O) groups is 1. The Labute approximate surface area is 118 Å². The molecule has 0 aliphatic carbocycles. The summed E-state index contributed by atoms with van der Waals surface area (Å²) in [5.74, 6) is 0.00240. The van der Waals surface area contributed by atoms with Crippen LogP contribution in [0, 0.1) is 6.92 Å². The van der Waals surface area contributed by atoms with Crippen LogP contribution in [0.3, 0.4) is 0 Å². The average molecular weight is 270 g/mol. The highest BCUT2D eigenvalue weighted by atomic mass is 16.3. The molecule has 2 aromatic carbocycles. The molecule has 0 bridgehead atoms. The summed E-state index contributed by atoms with van der Waals surface area (Å²) in [6, 6.07) is 12.4. The van der Waals surface area contributed by atoms with Gasteiger partial charge in [-0.05, 0) is 55.0 Å². The third kappa shape index (κ3) is 3.09. The standard InChI is InChI=1S/C16H18N2O2/c1-11-10-12(4-9-15(11)19)16(20)17-13-5-7-14(8-6-13)18(2)3/h4-10,19H,1-3H3,(H,17,20). The molecule has 0 heterocycles. The molecule has 2 aromatic rings. The van der Waals surface area contributed by atoms with Gasteiger partial charge in [-0.25, -0.2) is 0 Å². The van der Waals surface area contributed by atoms with Crippen LogP contribution < -0.4 is 10.2 Å². The number of phenols is 1. The predicted molar refractivity (Wildman–Crippen MR) is 81.6 cm³/mol. The molecule has 4 heteroatoms. The van der Waals surface area contributed by atoms with E-state index in [0.29, 0.717) is 11.1 Å². The molecule has 2 rings (SSSR count). The van der Waals surface area contributed by atoms with Gasteiger partial charge in [0, 0.05) is 31.0 Å². The van der Waals surface area contributed by atoms with Gasteiger partial charge >= 0.3 is 0 Å². The van der Waals surface area contributed by atoms with E-state index in [9.17, 15) is 9.90 Å². The molecule has 104 valence electrons. The van der Waals surface area contributed by atoms with Gasteiger partial charge in [0.2, 0.25) is 0 Å². The average Bonchev–Trinajstić information content (AvgIpc) is 2.42. The number of nitrogens with one attached hydrogen (secondary N) is 1.